The number of hydrogen-bond donors (Lipinski definition) is 0. The van der Waals surface area contributed by atoms with E-state index in [1.807, 2.05) is 0 Å². The first-order valence-corrected chi connectivity index (χ1v) is 3.36. The third-order valence-corrected chi connectivity index (χ3v) is 1.58. The summed E-state index contributed by atoms with van der Waals surface area (Å²) >= 11 is 3.06. The minimum atomic E-state index is 0.213. The van der Waals surface area contributed by atoms with Crippen LogP contribution < -0.4 is 0 Å². The van der Waals surface area contributed by atoms with Gasteiger partial charge in [-0.3, -0.25) is 8.72 Å². The van der Waals surface area contributed by atoms with E-state index < -0.39 is 0 Å². The lowest BCUT2D eigenvalue weighted by Gasteiger charge is -2.03. The van der Waals surface area contributed by atoms with E-state index in [0.29, 0.717) is 5.92 Å². The number of halogens is 1. The molecular weight excluding hydrogens is 170 g/mol. The maximum atomic E-state index is 10.8. The summed E-state index contributed by atoms with van der Waals surface area (Å²) in [5.41, 5.74) is 0. The molecule has 0 aromatic carbocycles. The van der Waals surface area contributed by atoms with Gasteiger partial charge in [0, 0.05) is 13.0 Å². The average Bonchev–Trinajstić information content (AvgIpc) is 2.43. The van der Waals surface area contributed by atoms with Crippen molar-refractivity contribution in [2.24, 2.45) is 5.92 Å². The highest BCUT2D eigenvalue weighted by Crippen LogP contribution is 2.31. The van der Waals surface area contributed by atoms with Gasteiger partial charge in [-0.05, 0) is 12.8 Å². The Morgan fingerprint density at radius 2 is 2.25 bits per heavy atom. The van der Waals surface area contributed by atoms with E-state index in [0.717, 1.165) is 12.8 Å². The first-order valence-electron chi connectivity index (χ1n) is 2.65. The van der Waals surface area contributed by atoms with Crippen molar-refractivity contribution in [2.75, 3.05) is 7.05 Å². The van der Waals surface area contributed by atoms with Crippen LogP contribution in [-0.2, 0) is 4.79 Å². The summed E-state index contributed by atoms with van der Waals surface area (Å²) in [6.45, 7) is 0. The van der Waals surface area contributed by atoms with Crippen LogP contribution in [0, 0.1) is 5.92 Å². The van der Waals surface area contributed by atoms with Crippen LogP contribution in [0.25, 0.3) is 0 Å². The Bertz CT molecular complexity index is 105. The third-order valence-electron chi connectivity index (χ3n) is 1.23. The van der Waals surface area contributed by atoms with E-state index in [1.165, 1.54) is 3.93 Å². The second-order valence-corrected chi connectivity index (χ2v) is 3.15. The zero-order valence-corrected chi connectivity index (χ0v) is 6.31. The summed E-state index contributed by atoms with van der Waals surface area (Å²) in [7, 11) is 1.72. The predicted molar refractivity (Wildman–Crippen MR) is 34.4 cm³/mol. The van der Waals surface area contributed by atoms with E-state index in [4.69, 9.17) is 0 Å². The number of amides is 1. The van der Waals surface area contributed by atoms with Crippen molar-refractivity contribution >= 4 is 22.1 Å². The van der Waals surface area contributed by atoms with Gasteiger partial charge in [-0.25, -0.2) is 0 Å². The summed E-state index contributed by atoms with van der Waals surface area (Å²) in [6.07, 6.45) is 2.16. The Morgan fingerprint density at radius 3 is 2.38 bits per heavy atom. The van der Waals surface area contributed by atoms with Crippen LogP contribution in [0.3, 0.4) is 0 Å². The minimum absolute atomic E-state index is 0.213. The highest BCUT2D eigenvalue weighted by molar-refractivity contribution is 9.07. The molecule has 0 N–H and O–H groups in total. The van der Waals surface area contributed by atoms with Crippen LogP contribution in [0.15, 0.2) is 0 Å². The number of rotatable bonds is 1. The standard InChI is InChI=1S/C5H8BrNO/c1-7(6)5(8)4-2-3-4/h4H,2-3H2,1H3. The van der Waals surface area contributed by atoms with Crippen LogP contribution in [-0.4, -0.2) is 16.9 Å². The molecule has 3 heteroatoms. The van der Waals surface area contributed by atoms with Gasteiger partial charge in [-0.15, -0.1) is 0 Å². The van der Waals surface area contributed by atoms with Gasteiger partial charge in [-0.1, -0.05) is 0 Å². The van der Waals surface area contributed by atoms with Crippen molar-refractivity contribution in [3.63, 3.8) is 0 Å². The van der Waals surface area contributed by atoms with Gasteiger partial charge in [0.25, 0.3) is 0 Å². The minimum Gasteiger partial charge on any atom is -0.282 e. The molecule has 0 spiro atoms. The van der Waals surface area contributed by atoms with Crippen molar-refractivity contribution in [1.29, 1.82) is 0 Å². The van der Waals surface area contributed by atoms with E-state index in [-0.39, 0.29) is 5.91 Å². The third kappa shape index (κ3) is 1.22. The van der Waals surface area contributed by atoms with Crippen LogP contribution in [0.2, 0.25) is 0 Å². The molecule has 0 bridgehead atoms. The fraction of sp³-hybridized carbons (Fsp3) is 0.800. The number of carbonyl (C=O) groups excluding carboxylic acids is 1. The van der Waals surface area contributed by atoms with Gasteiger partial charge in [-0.2, -0.15) is 0 Å². The van der Waals surface area contributed by atoms with Gasteiger partial charge in [0.05, 0.1) is 16.1 Å². The molecule has 1 amide bonds. The Balaban J connectivity index is 2.33. The smallest absolute Gasteiger partial charge is 0.235 e. The lowest BCUT2D eigenvalue weighted by molar-refractivity contribution is -0.126. The Morgan fingerprint density at radius 1 is 1.75 bits per heavy atom. The van der Waals surface area contributed by atoms with E-state index in [2.05, 4.69) is 16.1 Å². The second kappa shape index (κ2) is 2.05. The maximum absolute atomic E-state index is 10.8. The molecule has 0 aliphatic heterocycles. The van der Waals surface area contributed by atoms with Crippen LogP contribution >= 0.6 is 16.1 Å². The average molecular weight is 178 g/mol. The number of hydrogen-bond acceptors (Lipinski definition) is 1. The summed E-state index contributed by atoms with van der Waals surface area (Å²) < 4.78 is 1.48. The molecule has 0 atom stereocenters. The van der Waals surface area contributed by atoms with Crippen LogP contribution in [0.1, 0.15) is 12.8 Å². The van der Waals surface area contributed by atoms with Gasteiger partial charge in [0.15, 0.2) is 0 Å². The Hall–Kier alpha value is -0.0500. The van der Waals surface area contributed by atoms with Crippen molar-refractivity contribution < 1.29 is 4.79 Å². The van der Waals surface area contributed by atoms with Crippen LogP contribution in [0.4, 0.5) is 0 Å². The summed E-state index contributed by atoms with van der Waals surface area (Å²) in [6, 6.07) is 0. The normalized spacial score (nSPS) is 18.2. The number of carbonyl (C=O) groups is 1. The second-order valence-electron chi connectivity index (χ2n) is 2.09. The van der Waals surface area contributed by atoms with E-state index in [9.17, 15) is 4.79 Å². The zero-order valence-electron chi connectivity index (χ0n) is 4.72. The summed E-state index contributed by atoms with van der Waals surface area (Å²) in [4.78, 5) is 10.8. The SMILES string of the molecule is CN(Br)C(=O)C1CC1. The van der Waals surface area contributed by atoms with Crippen molar-refractivity contribution in [1.82, 2.24) is 3.93 Å². The number of nitrogens with zero attached hydrogens (tertiary/aromatic N) is 1. The first-order chi connectivity index (χ1) is 3.72. The highest BCUT2D eigenvalue weighted by Gasteiger charge is 2.31. The van der Waals surface area contributed by atoms with E-state index >= 15 is 0 Å². The highest BCUT2D eigenvalue weighted by atomic mass is 79.9. The lowest BCUT2D eigenvalue weighted by atomic mass is 10.4. The molecule has 1 fully saturated rings. The molecule has 0 unspecified atom stereocenters. The molecule has 8 heavy (non-hydrogen) atoms. The molecule has 1 aliphatic rings. The zero-order chi connectivity index (χ0) is 6.15. The van der Waals surface area contributed by atoms with Crippen molar-refractivity contribution in [3.8, 4) is 0 Å². The quantitative estimate of drug-likeness (QED) is 0.551. The Kier molecular flexibility index (Phi) is 1.56. The molecule has 0 heterocycles. The van der Waals surface area contributed by atoms with Crippen molar-refractivity contribution in [2.45, 2.75) is 12.8 Å². The monoisotopic (exact) mass is 177 g/mol. The molecule has 46 valence electrons. The molecule has 2 nitrogen and oxygen atoms in total. The molecule has 1 rings (SSSR count). The van der Waals surface area contributed by atoms with Gasteiger partial charge in [0.1, 0.15) is 0 Å². The topological polar surface area (TPSA) is 20.3 Å². The molecular formula is C5H8BrNO. The van der Waals surface area contributed by atoms with Crippen molar-refractivity contribution in [3.05, 3.63) is 0 Å². The maximum Gasteiger partial charge on any atom is 0.235 e. The first kappa shape index (κ1) is 6.08. The molecule has 0 saturated heterocycles. The molecule has 1 aliphatic carbocycles. The van der Waals surface area contributed by atoms with Gasteiger partial charge >= 0.3 is 0 Å². The van der Waals surface area contributed by atoms with E-state index in [1.54, 1.807) is 7.05 Å². The fourth-order valence-corrected chi connectivity index (χ4v) is 0.871. The molecule has 0 aromatic rings. The lowest BCUT2D eigenvalue weighted by Crippen LogP contribution is -2.16. The summed E-state index contributed by atoms with van der Waals surface area (Å²) in [5, 5.41) is 0. The molecule has 0 aromatic heterocycles. The largest absolute Gasteiger partial charge is 0.282 e. The Labute approximate surface area is 57.2 Å². The van der Waals surface area contributed by atoms with Crippen LogP contribution in [0.5, 0.6) is 0 Å². The predicted octanol–water partition coefficient (Wildman–Crippen LogP) is 1.16. The fourth-order valence-electron chi connectivity index (χ4n) is 0.582. The summed E-state index contributed by atoms with van der Waals surface area (Å²) in [5.74, 6) is 0.546. The molecule has 0 radical (unpaired) electrons. The molecule has 1 saturated carbocycles. The van der Waals surface area contributed by atoms with Gasteiger partial charge in [0.2, 0.25) is 5.91 Å². The van der Waals surface area contributed by atoms with Gasteiger partial charge < -0.3 is 0 Å².